The molecule has 0 fully saturated rings. The SMILES string of the molecule is Nc1nc(/C=C/c2ccc(Cl)cc2)n2c(n1)nc1ccccc12. The Bertz CT molecular complexity index is 1030. The van der Waals surface area contributed by atoms with E-state index >= 15 is 0 Å². The highest BCUT2D eigenvalue weighted by atomic mass is 35.5. The van der Waals surface area contributed by atoms with Crippen molar-refractivity contribution >= 4 is 46.5 Å². The Balaban J connectivity index is 1.89. The zero-order valence-corrected chi connectivity index (χ0v) is 12.8. The van der Waals surface area contributed by atoms with Crippen LogP contribution in [0.15, 0.2) is 48.5 Å². The van der Waals surface area contributed by atoms with E-state index in [-0.39, 0.29) is 5.95 Å². The van der Waals surface area contributed by atoms with Crippen molar-refractivity contribution < 1.29 is 0 Å². The molecule has 2 N–H and O–H groups in total. The maximum atomic E-state index is 5.90. The highest BCUT2D eigenvalue weighted by molar-refractivity contribution is 6.30. The van der Waals surface area contributed by atoms with Crippen LogP contribution in [0.1, 0.15) is 11.4 Å². The first kappa shape index (κ1) is 13.7. The summed E-state index contributed by atoms with van der Waals surface area (Å²) in [5.41, 5.74) is 8.62. The molecule has 5 nitrogen and oxygen atoms in total. The molecule has 2 heterocycles. The Morgan fingerprint density at radius 2 is 1.70 bits per heavy atom. The normalized spacial score (nSPS) is 11.7. The first-order valence-corrected chi connectivity index (χ1v) is 7.43. The summed E-state index contributed by atoms with van der Waals surface area (Å²) in [5.74, 6) is 1.41. The smallest absolute Gasteiger partial charge is 0.239 e. The fraction of sp³-hybridized carbons (Fsp3) is 0. The van der Waals surface area contributed by atoms with E-state index in [1.165, 1.54) is 0 Å². The number of anilines is 1. The van der Waals surface area contributed by atoms with Crippen LogP contribution in [-0.4, -0.2) is 19.4 Å². The summed E-state index contributed by atoms with van der Waals surface area (Å²) in [7, 11) is 0. The third-order valence-electron chi connectivity index (χ3n) is 3.51. The van der Waals surface area contributed by atoms with E-state index in [1.54, 1.807) is 0 Å². The molecule has 4 aromatic rings. The van der Waals surface area contributed by atoms with E-state index in [0.717, 1.165) is 16.6 Å². The molecule has 0 saturated carbocycles. The van der Waals surface area contributed by atoms with Crippen LogP contribution in [0.2, 0.25) is 5.02 Å². The van der Waals surface area contributed by atoms with Gasteiger partial charge in [0.15, 0.2) is 0 Å². The Labute approximate surface area is 137 Å². The molecular weight excluding hydrogens is 310 g/mol. The monoisotopic (exact) mass is 321 g/mol. The largest absolute Gasteiger partial charge is 0.368 e. The van der Waals surface area contributed by atoms with E-state index in [4.69, 9.17) is 17.3 Å². The lowest BCUT2D eigenvalue weighted by atomic mass is 10.2. The van der Waals surface area contributed by atoms with Gasteiger partial charge in [-0.05, 0) is 35.9 Å². The Morgan fingerprint density at radius 1 is 0.913 bits per heavy atom. The van der Waals surface area contributed by atoms with Crippen LogP contribution in [-0.2, 0) is 0 Å². The summed E-state index contributed by atoms with van der Waals surface area (Å²) in [4.78, 5) is 13.0. The van der Waals surface area contributed by atoms with Crippen molar-refractivity contribution in [2.45, 2.75) is 0 Å². The fourth-order valence-corrected chi connectivity index (χ4v) is 2.59. The van der Waals surface area contributed by atoms with Gasteiger partial charge in [0.2, 0.25) is 11.7 Å². The number of nitrogen functional groups attached to an aromatic ring is 1. The zero-order chi connectivity index (χ0) is 15.8. The first-order chi connectivity index (χ1) is 11.2. The minimum Gasteiger partial charge on any atom is -0.368 e. The number of hydrogen-bond donors (Lipinski definition) is 1. The minimum atomic E-state index is 0.198. The lowest BCUT2D eigenvalue weighted by Crippen LogP contribution is -2.03. The maximum Gasteiger partial charge on any atom is 0.239 e. The number of nitrogens with two attached hydrogens (primary N) is 1. The number of fused-ring (bicyclic) bond motifs is 3. The number of halogens is 1. The second-order valence-corrected chi connectivity index (χ2v) is 5.50. The second kappa shape index (κ2) is 5.37. The molecule has 112 valence electrons. The average molecular weight is 322 g/mol. The van der Waals surface area contributed by atoms with Gasteiger partial charge in [-0.2, -0.15) is 9.97 Å². The molecule has 0 atom stereocenters. The molecule has 0 unspecified atom stereocenters. The number of benzene rings is 2. The van der Waals surface area contributed by atoms with Crippen LogP contribution in [0.3, 0.4) is 0 Å². The zero-order valence-electron chi connectivity index (χ0n) is 12.0. The van der Waals surface area contributed by atoms with E-state index in [1.807, 2.05) is 65.1 Å². The van der Waals surface area contributed by atoms with Crippen molar-refractivity contribution in [3.8, 4) is 0 Å². The molecule has 0 amide bonds. The van der Waals surface area contributed by atoms with Gasteiger partial charge >= 0.3 is 0 Å². The van der Waals surface area contributed by atoms with Crippen LogP contribution < -0.4 is 5.73 Å². The molecule has 2 aromatic carbocycles. The standard InChI is InChI=1S/C17H12ClN5/c18-12-8-5-11(6-9-12)7-10-15-21-16(19)22-17-20-13-3-1-2-4-14(13)23(15)17/h1-10H,(H2,19,20,22)/b10-7+. The van der Waals surface area contributed by atoms with Crippen LogP contribution in [0.5, 0.6) is 0 Å². The third kappa shape index (κ3) is 2.51. The molecule has 0 radical (unpaired) electrons. The topological polar surface area (TPSA) is 69.1 Å². The van der Waals surface area contributed by atoms with Gasteiger partial charge in [0.25, 0.3) is 0 Å². The molecule has 4 rings (SSSR count). The molecule has 23 heavy (non-hydrogen) atoms. The van der Waals surface area contributed by atoms with Crippen molar-refractivity contribution in [3.05, 3.63) is 64.9 Å². The molecule has 0 bridgehead atoms. The molecule has 0 spiro atoms. The van der Waals surface area contributed by atoms with Crippen molar-refractivity contribution in [1.29, 1.82) is 0 Å². The van der Waals surface area contributed by atoms with E-state index in [9.17, 15) is 0 Å². The highest BCUT2D eigenvalue weighted by Crippen LogP contribution is 2.19. The van der Waals surface area contributed by atoms with Crippen molar-refractivity contribution in [2.75, 3.05) is 5.73 Å². The van der Waals surface area contributed by atoms with E-state index < -0.39 is 0 Å². The molecule has 2 aromatic heterocycles. The minimum absolute atomic E-state index is 0.198. The molecule has 6 heteroatoms. The second-order valence-electron chi connectivity index (χ2n) is 5.06. The molecule has 0 aliphatic rings. The molecular formula is C17H12ClN5. The highest BCUT2D eigenvalue weighted by Gasteiger charge is 2.09. The van der Waals surface area contributed by atoms with Gasteiger partial charge in [0.05, 0.1) is 11.0 Å². The number of nitrogens with zero attached hydrogens (tertiary/aromatic N) is 4. The maximum absolute atomic E-state index is 5.90. The molecule has 0 saturated heterocycles. The van der Waals surface area contributed by atoms with Gasteiger partial charge < -0.3 is 5.73 Å². The van der Waals surface area contributed by atoms with Crippen LogP contribution in [0.4, 0.5) is 5.95 Å². The Morgan fingerprint density at radius 3 is 2.52 bits per heavy atom. The lowest BCUT2D eigenvalue weighted by molar-refractivity contribution is 1.02. The van der Waals surface area contributed by atoms with Crippen LogP contribution in [0, 0.1) is 0 Å². The van der Waals surface area contributed by atoms with Crippen molar-refractivity contribution in [1.82, 2.24) is 19.4 Å². The van der Waals surface area contributed by atoms with Gasteiger partial charge in [0.1, 0.15) is 5.82 Å². The van der Waals surface area contributed by atoms with Gasteiger partial charge in [-0.15, -0.1) is 0 Å². The van der Waals surface area contributed by atoms with Gasteiger partial charge in [-0.25, -0.2) is 4.98 Å². The van der Waals surface area contributed by atoms with Crippen LogP contribution >= 0.6 is 11.6 Å². The lowest BCUT2D eigenvalue weighted by Gasteiger charge is -2.02. The van der Waals surface area contributed by atoms with Gasteiger partial charge in [-0.1, -0.05) is 41.9 Å². The Hall–Kier alpha value is -2.92. The summed E-state index contributed by atoms with van der Waals surface area (Å²) in [6, 6.07) is 15.4. The molecule has 0 aliphatic carbocycles. The number of aromatic nitrogens is 4. The Kier molecular flexibility index (Phi) is 3.20. The third-order valence-corrected chi connectivity index (χ3v) is 3.76. The average Bonchev–Trinajstić information content (AvgIpc) is 2.92. The number of para-hydroxylation sites is 2. The van der Waals surface area contributed by atoms with Crippen LogP contribution in [0.25, 0.3) is 29.0 Å². The molecule has 0 aliphatic heterocycles. The van der Waals surface area contributed by atoms with E-state index in [0.29, 0.717) is 16.6 Å². The van der Waals surface area contributed by atoms with Gasteiger partial charge in [-0.3, -0.25) is 4.40 Å². The predicted molar refractivity (Wildman–Crippen MR) is 93.1 cm³/mol. The van der Waals surface area contributed by atoms with E-state index in [2.05, 4.69) is 15.0 Å². The quantitative estimate of drug-likeness (QED) is 0.611. The summed E-state index contributed by atoms with van der Waals surface area (Å²) in [6.45, 7) is 0. The van der Waals surface area contributed by atoms with Crippen molar-refractivity contribution in [3.63, 3.8) is 0 Å². The summed E-state index contributed by atoms with van der Waals surface area (Å²) in [5, 5.41) is 0.705. The fourth-order valence-electron chi connectivity index (χ4n) is 2.47. The number of rotatable bonds is 2. The van der Waals surface area contributed by atoms with Gasteiger partial charge in [0, 0.05) is 5.02 Å². The summed E-state index contributed by atoms with van der Waals surface area (Å²) in [6.07, 6.45) is 3.84. The summed E-state index contributed by atoms with van der Waals surface area (Å²) < 4.78 is 1.89. The predicted octanol–water partition coefficient (Wildman–Crippen LogP) is 3.68. The number of hydrogen-bond acceptors (Lipinski definition) is 4. The number of imidazole rings is 1. The van der Waals surface area contributed by atoms with Crippen molar-refractivity contribution in [2.24, 2.45) is 0 Å². The summed E-state index contributed by atoms with van der Waals surface area (Å²) >= 11 is 5.90. The first-order valence-electron chi connectivity index (χ1n) is 7.05.